The van der Waals surface area contributed by atoms with Crippen LogP contribution in [0.25, 0.3) is 0 Å². The Bertz CT molecular complexity index is 486. The highest BCUT2D eigenvalue weighted by Gasteiger charge is 2.21. The van der Waals surface area contributed by atoms with Crippen molar-refractivity contribution < 1.29 is 14.7 Å². The van der Waals surface area contributed by atoms with Crippen molar-refractivity contribution in [3.8, 4) is 0 Å². The van der Waals surface area contributed by atoms with Crippen LogP contribution < -0.4 is 10.9 Å². The quantitative estimate of drug-likeness (QED) is 0.691. The van der Waals surface area contributed by atoms with Crippen molar-refractivity contribution >= 4 is 23.6 Å². The summed E-state index contributed by atoms with van der Waals surface area (Å²) in [6.45, 7) is 0. The van der Waals surface area contributed by atoms with E-state index in [1.165, 1.54) is 30.1 Å². The van der Waals surface area contributed by atoms with E-state index in [4.69, 9.17) is 5.11 Å². The van der Waals surface area contributed by atoms with Crippen LogP contribution in [0.3, 0.4) is 0 Å². The van der Waals surface area contributed by atoms with E-state index in [9.17, 15) is 14.4 Å². The lowest BCUT2D eigenvalue weighted by molar-refractivity contribution is -0.139. The van der Waals surface area contributed by atoms with E-state index in [1.54, 1.807) is 0 Å². The Morgan fingerprint density at radius 2 is 2.28 bits per heavy atom. The third kappa shape index (κ3) is 3.92. The van der Waals surface area contributed by atoms with Crippen molar-refractivity contribution in [3.05, 3.63) is 34.2 Å². The predicted molar refractivity (Wildman–Crippen MR) is 69.0 cm³/mol. The molecule has 0 radical (unpaired) electrons. The summed E-state index contributed by atoms with van der Waals surface area (Å²) in [6, 6.07) is 1.87. The van der Waals surface area contributed by atoms with Crippen molar-refractivity contribution in [2.45, 2.75) is 12.5 Å². The maximum atomic E-state index is 11.7. The summed E-state index contributed by atoms with van der Waals surface area (Å²) >= 11 is 1.49. The molecule has 0 spiro atoms. The standard InChI is InChI=1S/C11H14N2O4S/c1-18-6-4-8(11(16)17)13-10(15)7-3-2-5-12-9(7)14/h2-3,5,8H,4,6H2,1H3,(H,12,14)(H,13,15)(H,16,17)/t8-/m0/s1. The summed E-state index contributed by atoms with van der Waals surface area (Å²) in [6.07, 6.45) is 3.57. The molecule has 1 rings (SSSR count). The number of carbonyl (C=O) groups excluding carboxylic acids is 1. The highest BCUT2D eigenvalue weighted by molar-refractivity contribution is 7.98. The summed E-state index contributed by atoms with van der Waals surface area (Å²) in [5.41, 5.74) is -0.628. The lowest BCUT2D eigenvalue weighted by Crippen LogP contribution is -2.42. The molecule has 1 aromatic rings. The van der Waals surface area contributed by atoms with Crippen LogP contribution in [0, 0.1) is 0 Å². The molecule has 1 aromatic heterocycles. The predicted octanol–water partition coefficient (Wildman–Crippen LogP) is 0.311. The van der Waals surface area contributed by atoms with Gasteiger partial charge in [0, 0.05) is 6.20 Å². The summed E-state index contributed by atoms with van der Waals surface area (Å²) < 4.78 is 0. The molecule has 0 fully saturated rings. The molecule has 1 heterocycles. The second-order valence-electron chi connectivity index (χ2n) is 3.56. The van der Waals surface area contributed by atoms with Crippen molar-refractivity contribution in [3.63, 3.8) is 0 Å². The first-order chi connectivity index (χ1) is 8.56. The zero-order valence-corrected chi connectivity index (χ0v) is 10.6. The largest absolute Gasteiger partial charge is 0.480 e. The van der Waals surface area contributed by atoms with Gasteiger partial charge in [0.05, 0.1) is 0 Å². The van der Waals surface area contributed by atoms with E-state index in [2.05, 4.69) is 10.3 Å². The third-order valence-corrected chi connectivity index (χ3v) is 2.92. The molecule has 0 saturated carbocycles. The van der Waals surface area contributed by atoms with E-state index in [1.807, 2.05) is 6.26 Å². The van der Waals surface area contributed by atoms with Crippen LogP contribution in [0.1, 0.15) is 16.8 Å². The van der Waals surface area contributed by atoms with Crippen molar-refractivity contribution in [2.75, 3.05) is 12.0 Å². The summed E-state index contributed by atoms with van der Waals surface area (Å²) in [7, 11) is 0. The molecule has 0 aliphatic carbocycles. The number of carbonyl (C=O) groups is 2. The molecule has 0 aromatic carbocycles. The van der Waals surface area contributed by atoms with Gasteiger partial charge in [-0.3, -0.25) is 9.59 Å². The number of nitrogens with one attached hydrogen (secondary N) is 2. The Balaban J connectivity index is 2.76. The fourth-order valence-electron chi connectivity index (χ4n) is 1.33. The zero-order chi connectivity index (χ0) is 13.5. The number of thioether (sulfide) groups is 1. The fraction of sp³-hybridized carbons (Fsp3) is 0.364. The van der Waals surface area contributed by atoms with Gasteiger partial charge in [0.1, 0.15) is 11.6 Å². The molecule has 18 heavy (non-hydrogen) atoms. The van der Waals surface area contributed by atoms with Gasteiger partial charge in [-0.2, -0.15) is 11.8 Å². The summed E-state index contributed by atoms with van der Waals surface area (Å²) in [5.74, 6) is -1.17. The third-order valence-electron chi connectivity index (χ3n) is 2.28. The molecule has 1 atom stereocenters. The normalized spacial score (nSPS) is 11.8. The van der Waals surface area contributed by atoms with E-state index in [0.717, 1.165) is 0 Å². The molecule has 7 heteroatoms. The first-order valence-electron chi connectivity index (χ1n) is 5.26. The number of hydrogen-bond acceptors (Lipinski definition) is 4. The molecule has 0 aliphatic rings. The number of amides is 1. The topological polar surface area (TPSA) is 99.3 Å². The van der Waals surface area contributed by atoms with Crippen LogP contribution in [0.5, 0.6) is 0 Å². The van der Waals surface area contributed by atoms with Gasteiger partial charge in [-0.1, -0.05) is 0 Å². The van der Waals surface area contributed by atoms with Crippen LogP contribution in [0.2, 0.25) is 0 Å². The number of H-pyrrole nitrogens is 1. The minimum absolute atomic E-state index is 0.0899. The van der Waals surface area contributed by atoms with E-state index < -0.39 is 23.5 Å². The summed E-state index contributed by atoms with van der Waals surface area (Å²) in [4.78, 5) is 36.4. The molecule has 3 N–H and O–H groups in total. The Kier molecular flexibility index (Phi) is 5.44. The molecule has 0 saturated heterocycles. The lowest BCUT2D eigenvalue weighted by atomic mass is 10.2. The Morgan fingerprint density at radius 1 is 1.56 bits per heavy atom. The highest BCUT2D eigenvalue weighted by Crippen LogP contribution is 2.02. The van der Waals surface area contributed by atoms with Gasteiger partial charge < -0.3 is 15.4 Å². The van der Waals surface area contributed by atoms with Gasteiger partial charge in [0.2, 0.25) is 0 Å². The molecule has 1 amide bonds. The van der Waals surface area contributed by atoms with Gasteiger partial charge in [-0.05, 0) is 30.6 Å². The number of aromatic nitrogens is 1. The number of hydrogen-bond donors (Lipinski definition) is 3. The maximum Gasteiger partial charge on any atom is 0.326 e. The van der Waals surface area contributed by atoms with Gasteiger partial charge in [0.25, 0.3) is 11.5 Å². The van der Waals surface area contributed by atoms with Crippen LogP contribution >= 0.6 is 11.8 Å². The van der Waals surface area contributed by atoms with Crippen molar-refractivity contribution in [2.24, 2.45) is 0 Å². The van der Waals surface area contributed by atoms with Crippen LogP contribution in [-0.2, 0) is 4.79 Å². The Labute approximate surface area is 108 Å². The number of rotatable bonds is 6. The van der Waals surface area contributed by atoms with Gasteiger partial charge in [0.15, 0.2) is 0 Å². The Hall–Kier alpha value is -1.76. The van der Waals surface area contributed by atoms with Crippen LogP contribution in [0.15, 0.2) is 23.1 Å². The lowest BCUT2D eigenvalue weighted by Gasteiger charge is -2.13. The van der Waals surface area contributed by atoms with Crippen molar-refractivity contribution in [1.82, 2.24) is 10.3 Å². The molecule has 98 valence electrons. The molecule has 0 bridgehead atoms. The number of carboxylic acids is 1. The van der Waals surface area contributed by atoms with E-state index in [-0.39, 0.29) is 5.56 Å². The maximum absolute atomic E-state index is 11.7. The van der Waals surface area contributed by atoms with Gasteiger partial charge >= 0.3 is 5.97 Å². The average molecular weight is 270 g/mol. The second-order valence-corrected chi connectivity index (χ2v) is 4.54. The highest BCUT2D eigenvalue weighted by atomic mass is 32.2. The minimum atomic E-state index is -1.11. The molecule has 0 aliphatic heterocycles. The first-order valence-corrected chi connectivity index (χ1v) is 6.66. The number of pyridine rings is 1. The first kappa shape index (κ1) is 14.3. The zero-order valence-electron chi connectivity index (χ0n) is 9.80. The van der Waals surface area contributed by atoms with Crippen LogP contribution in [-0.4, -0.2) is 40.0 Å². The average Bonchev–Trinajstić information content (AvgIpc) is 2.34. The van der Waals surface area contributed by atoms with E-state index >= 15 is 0 Å². The number of carboxylic acid groups (broad SMARTS) is 1. The Morgan fingerprint density at radius 3 is 2.83 bits per heavy atom. The van der Waals surface area contributed by atoms with E-state index in [0.29, 0.717) is 12.2 Å². The molecule has 6 nitrogen and oxygen atoms in total. The fourth-order valence-corrected chi connectivity index (χ4v) is 1.80. The van der Waals surface area contributed by atoms with Gasteiger partial charge in [-0.25, -0.2) is 4.79 Å². The smallest absolute Gasteiger partial charge is 0.326 e. The molecular weight excluding hydrogens is 256 g/mol. The van der Waals surface area contributed by atoms with Gasteiger partial charge in [-0.15, -0.1) is 0 Å². The summed E-state index contributed by atoms with van der Waals surface area (Å²) in [5, 5.41) is 11.3. The van der Waals surface area contributed by atoms with Crippen molar-refractivity contribution in [1.29, 1.82) is 0 Å². The van der Waals surface area contributed by atoms with Crippen LogP contribution in [0.4, 0.5) is 0 Å². The molecule has 0 unspecified atom stereocenters. The molecular formula is C11H14N2O4S. The number of aromatic amines is 1. The minimum Gasteiger partial charge on any atom is -0.480 e. The second kappa shape index (κ2) is 6.85. The SMILES string of the molecule is CSCC[C@H](NC(=O)c1ccc[nH]c1=O)C(=O)O. The number of aliphatic carboxylic acids is 1. The monoisotopic (exact) mass is 270 g/mol.